The van der Waals surface area contributed by atoms with Crippen molar-refractivity contribution in [2.24, 2.45) is 10.2 Å². The molecular weight excluding hydrogens is 326 g/mol. The molecule has 0 atom stereocenters. The van der Waals surface area contributed by atoms with Crippen LogP contribution < -0.4 is 10.5 Å². The van der Waals surface area contributed by atoms with Crippen LogP contribution in [0.3, 0.4) is 0 Å². The van der Waals surface area contributed by atoms with Crippen molar-refractivity contribution in [3.05, 3.63) is 41.5 Å². The lowest BCUT2D eigenvalue weighted by Crippen LogP contribution is -2.16. The zero-order valence-electron chi connectivity index (χ0n) is 16.7. The number of rotatable bonds is 3. The van der Waals surface area contributed by atoms with E-state index in [1.54, 1.807) is 25.3 Å². The third-order valence-corrected chi connectivity index (χ3v) is 4.26. The van der Waals surface area contributed by atoms with Crippen molar-refractivity contribution in [1.29, 1.82) is 0 Å². The van der Waals surface area contributed by atoms with E-state index in [0.717, 1.165) is 11.1 Å². The average molecular weight is 355 g/mol. The first-order valence-corrected chi connectivity index (χ1v) is 8.66. The molecule has 2 aromatic rings. The molecule has 0 aliphatic rings. The summed E-state index contributed by atoms with van der Waals surface area (Å²) >= 11 is 0. The van der Waals surface area contributed by atoms with E-state index in [-0.39, 0.29) is 16.6 Å². The largest absolute Gasteiger partial charge is 0.505 e. The summed E-state index contributed by atoms with van der Waals surface area (Å²) in [5.41, 5.74) is 9.10. The van der Waals surface area contributed by atoms with E-state index in [2.05, 4.69) is 57.8 Å². The van der Waals surface area contributed by atoms with Crippen molar-refractivity contribution >= 4 is 17.1 Å². The fourth-order valence-corrected chi connectivity index (χ4v) is 2.56. The average Bonchev–Trinajstić information content (AvgIpc) is 2.52. The first kappa shape index (κ1) is 19.8. The predicted octanol–water partition coefficient (Wildman–Crippen LogP) is 5.99. The van der Waals surface area contributed by atoms with E-state index in [4.69, 9.17) is 10.5 Å². The third kappa shape index (κ3) is 4.34. The Bertz CT molecular complexity index is 828. The number of anilines is 1. The van der Waals surface area contributed by atoms with Gasteiger partial charge in [0.1, 0.15) is 22.9 Å². The van der Waals surface area contributed by atoms with Gasteiger partial charge in [-0.2, -0.15) is 0 Å². The van der Waals surface area contributed by atoms with Crippen molar-refractivity contribution in [3.63, 3.8) is 0 Å². The normalized spacial score (nSPS) is 12.6. The number of azo groups is 1. The molecule has 26 heavy (non-hydrogen) atoms. The summed E-state index contributed by atoms with van der Waals surface area (Å²) in [5.74, 6) is 0.815. The van der Waals surface area contributed by atoms with E-state index in [1.165, 1.54) is 0 Å². The van der Waals surface area contributed by atoms with Crippen LogP contribution in [0, 0.1) is 0 Å². The molecule has 0 bridgehead atoms. The highest BCUT2D eigenvalue weighted by Gasteiger charge is 2.25. The Morgan fingerprint density at radius 2 is 1.50 bits per heavy atom. The van der Waals surface area contributed by atoms with Crippen LogP contribution >= 0.6 is 0 Å². The van der Waals surface area contributed by atoms with Gasteiger partial charge < -0.3 is 15.6 Å². The molecular formula is C21H29N3O2. The molecule has 2 aromatic carbocycles. The van der Waals surface area contributed by atoms with Crippen LogP contribution in [0.2, 0.25) is 0 Å². The van der Waals surface area contributed by atoms with Crippen molar-refractivity contribution < 1.29 is 9.84 Å². The van der Waals surface area contributed by atoms with Gasteiger partial charge in [-0.1, -0.05) is 47.6 Å². The fraction of sp³-hybridized carbons (Fsp3) is 0.429. The number of nitrogens with two attached hydrogens (primary N) is 1. The molecule has 0 saturated heterocycles. The van der Waals surface area contributed by atoms with E-state index < -0.39 is 0 Å². The number of ether oxygens (including phenoxy) is 1. The molecule has 0 fully saturated rings. The van der Waals surface area contributed by atoms with Crippen LogP contribution in [-0.4, -0.2) is 12.2 Å². The monoisotopic (exact) mass is 355 g/mol. The maximum atomic E-state index is 10.7. The van der Waals surface area contributed by atoms with Gasteiger partial charge in [0.25, 0.3) is 0 Å². The minimum Gasteiger partial charge on any atom is -0.505 e. The second-order valence-corrected chi connectivity index (χ2v) is 8.52. The zero-order chi connectivity index (χ0) is 19.7. The van der Waals surface area contributed by atoms with Crippen molar-refractivity contribution in [2.75, 3.05) is 12.8 Å². The molecule has 5 heteroatoms. The highest BCUT2D eigenvalue weighted by molar-refractivity contribution is 5.65. The Hall–Kier alpha value is -2.56. The standard InChI is InChI=1S/C21H29N3O2/c1-20(2,3)13-10-15(21(4,5)6)19(25)18(11-13)24-23-17-9-8-14(26-7)12-16(17)22/h8-12,25H,22H2,1-7H3/b24-23+. The van der Waals surface area contributed by atoms with Crippen LogP contribution in [0.5, 0.6) is 11.5 Å². The molecule has 0 saturated carbocycles. The second kappa shape index (κ2) is 6.98. The minimum atomic E-state index is -0.214. The van der Waals surface area contributed by atoms with Crippen molar-refractivity contribution in [3.8, 4) is 11.5 Å². The molecule has 0 spiro atoms. The van der Waals surface area contributed by atoms with Crippen LogP contribution in [0.15, 0.2) is 40.6 Å². The number of benzene rings is 2. The number of methoxy groups -OCH3 is 1. The number of nitrogen functional groups attached to an aromatic ring is 1. The maximum Gasteiger partial charge on any atom is 0.146 e. The molecule has 0 radical (unpaired) electrons. The quantitative estimate of drug-likeness (QED) is 0.524. The Labute approximate surface area is 155 Å². The second-order valence-electron chi connectivity index (χ2n) is 8.52. The van der Waals surface area contributed by atoms with E-state index in [9.17, 15) is 5.11 Å². The minimum absolute atomic E-state index is 0.0723. The molecule has 0 aliphatic carbocycles. The van der Waals surface area contributed by atoms with Crippen LogP contribution in [-0.2, 0) is 10.8 Å². The summed E-state index contributed by atoms with van der Waals surface area (Å²) in [4.78, 5) is 0. The highest BCUT2D eigenvalue weighted by atomic mass is 16.5. The smallest absolute Gasteiger partial charge is 0.146 e. The number of hydrogen-bond acceptors (Lipinski definition) is 5. The molecule has 5 nitrogen and oxygen atoms in total. The van der Waals surface area contributed by atoms with Gasteiger partial charge in [0, 0.05) is 11.6 Å². The van der Waals surface area contributed by atoms with Gasteiger partial charge in [0.05, 0.1) is 12.8 Å². The summed E-state index contributed by atoms with van der Waals surface area (Å²) in [6.45, 7) is 12.6. The fourth-order valence-electron chi connectivity index (χ4n) is 2.56. The summed E-state index contributed by atoms with van der Waals surface area (Å²) in [7, 11) is 1.58. The Morgan fingerprint density at radius 1 is 0.885 bits per heavy atom. The van der Waals surface area contributed by atoms with Gasteiger partial charge in [-0.3, -0.25) is 0 Å². The van der Waals surface area contributed by atoms with Crippen molar-refractivity contribution in [1.82, 2.24) is 0 Å². The van der Waals surface area contributed by atoms with Crippen LogP contribution in [0.4, 0.5) is 17.1 Å². The van der Waals surface area contributed by atoms with Gasteiger partial charge >= 0.3 is 0 Å². The zero-order valence-corrected chi connectivity index (χ0v) is 16.7. The number of aromatic hydroxyl groups is 1. The van der Waals surface area contributed by atoms with E-state index >= 15 is 0 Å². The molecule has 0 heterocycles. The number of phenols is 1. The molecule has 140 valence electrons. The van der Waals surface area contributed by atoms with Gasteiger partial charge in [-0.25, -0.2) is 0 Å². The Kier molecular flexibility index (Phi) is 5.31. The van der Waals surface area contributed by atoms with E-state index in [1.807, 2.05) is 6.07 Å². The van der Waals surface area contributed by atoms with Crippen LogP contribution in [0.1, 0.15) is 52.7 Å². The summed E-state index contributed by atoms with van der Waals surface area (Å²) in [6.07, 6.45) is 0. The first-order valence-electron chi connectivity index (χ1n) is 8.66. The SMILES string of the molecule is COc1ccc(/N=N/c2cc(C(C)(C)C)cc(C(C)(C)C)c2O)c(N)c1. The molecule has 3 N–H and O–H groups in total. The van der Waals surface area contributed by atoms with Crippen LogP contribution in [0.25, 0.3) is 0 Å². The van der Waals surface area contributed by atoms with Crippen molar-refractivity contribution in [2.45, 2.75) is 52.4 Å². The first-order chi connectivity index (χ1) is 11.9. The topological polar surface area (TPSA) is 80.2 Å². The molecule has 0 aromatic heterocycles. The number of nitrogens with zero attached hydrogens (tertiary/aromatic N) is 2. The summed E-state index contributed by atoms with van der Waals surface area (Å²) < 4.78 is 5.15. The summed E-state index contributed by atoms with van der Waals surface area (Å²) in [5, 5.41) is 19.3. The molecule has 0 amide bonds. The maximum absolute atomic E-state index is 10.7. The lowest BCUT2D eigenvalue weighted by molar-refractivity contribution is 0.415. The van der Waals surface area contributed by atoms with Gasteiger partial charge in [-0.15, -0.1) is 10.2 Å². The van der Waals surface area contributed by atoms with Gasteiger partial charge in [0.2, 0.25) is 0 Å². The predicted molar refractivity (Wildman–Crippen MR) is 107 cm³/mol. The highest BCUT2D eigenvalue weighted by Crippen LogP contribution is 2.42. The van der Waals surface area contributed by atoms with Gasteiger partial charge in [-0.05, 0) is 34.6 Å². The summed E-state index contributed by atoms with van der Waals surface area (Å²) in [6, 6.07) is 9.15. The number of hydrogen-bond donors (Lipinski definition) is 2. The molecule has 0 unspecified atom stereocenters. The molecule has 2 rings (SSSR count). The molecule has 0 aliphatic heterocycles. The Morgan fingerprint density at radius 3 is 2.00 bits per heavy atom. The number of phenolic OH excluding ortho intramolecular Hbond substituents is 1. The van der Waals surface area contributed by atoms with E-state index in [0.29, 0.717) is 22.8 Å². The van der Waals surface area contributed by atoms with Gasteiger partial charge in [0.15, 0.2) is 0 Å². The lowest BCUT2D eigenvalue weighted by Gasteiger charge is -2.26. The lowest BCUT2D eigenvalue weighted by atomic mass is 9.80. The third-order valence-electron chi connectivity index (χ3n) is 4.26. The Balaban J connectivity index is 2.55.